The fourth-order valence-electron chi connectivity index (χ4n) is 1.91. The number of pyridine rings is 1. The van der Waals surface area contributed by atoms with Crippen LogP contribution >= 0.6 is 0 Å². The lowest BCUT2D eigenvalue weighted by atomic mass is 9.98. The molecule has 0 bridgehead atoms. The van der Waals surface area contributed by atoms with Crippen molar-refractivity contribution in [1.82, 2.24) is 4.98 Å². The Morgan fingerprint density at radius 3 is 2.50 bits per heavy atom. The molecule has 1 rings (SSSR count). The third-order valence-electron chi connectivity index (χ3n) is 3.28. The van der Waals surface area contributed by atoms with E-state index in [1.165, 1.54) is 12.8 Å². The summed E-state index contributed by atoms with van der Waals surface area (Å²) < 4.78 is 5.34. The van der Waals surface area contributed by atoms with Crippen molar-refractivity contribution in [3.63, 3.8) is 0 Å². The van der Waals surface area contributed by atoms with Gasteiger partial charge in [0.15, 0.2) is 0 Å². The molecular formula is C15H26N2O. The number of ether oxygens (including phenoxy) is 1. The number of nitrogens with one attached hydrogen (secondary N) is 1. The van der Waals surface area contributed by atoms with Crippen LogP contribution in [0, 0.1) is 5.92 Å². The van der Waals surface area contributed by atoms with Gasteiger partial charge in [-0.25, -0.2) is 4.98 Å². The van der Waals surface area contributed by atoms with Crippen LogP contribution in [0.5, 0.6) is 5.88 Å². The van der Waals surface area contributed by atoms with Crippen molar-refractivity contribution in [2.24, 2.45) is 5.92 Å². The highest BCUT2D eigenvalue weighted by atomic mass is 16.5. The fourth-order valence-corrected chi connectivity index (χ4v) is 1.91. The van der Waals surface area contributed by atoms with Crippen LogP contribution in [-0.2, 0) is 0 Å². The average molecular weight is 250 g/mol. The highest BCUT2D eigenvalue weighted by Gasteiger charge is 2.10. The number of hydrogen-bond acceptors (Lipinski definition) is 3. The number of nitrogens with zero attached hydrogens (tertiary/aromatic N) is 1. The van der Waals surface area contributed by atoms with Crippen LogP contribution in [-0.4, -0.2) is 17.6 Å². The predicted octanol–water partition coefficient (Wildman–Crippen LogP) is 4.11. The molecule has 1 aromatic rings. The van der Waals surface area contributed by atoms with E-state index in [0.29, 0.717) is 18.5 Å². The molecule has 0 saturated carbocycles. The molecule has 2 atom stereocenters. The predicted molar refractivity (Wildman–Crippen MR) is 77.2 cm³/mol. The van der Waals surface area contributed by atoms with Crippen molar-refractivity contribution in [3.05, 3.63) is 18.3 Å². The molecule has 1 aromatic heterocycles. The van der Waals surface area contributed by atoms with E-state index < -0.39 is 0 Å². The second-order valence-corrected chi connectivity index (χ2v) is 4.82. The molecular weight excluding hydrogens is 224 g/mol. The van der Waals surface area contributed by atoms with Gasteiger partial charge in [0.25, 0.3) is 0 Å². The van der Waals surface area contributed by atoms with Gasteiger partial charge in [-0.15, -0.1) is 0 Å². The van der Waals surface area contributed by atoms with Crippen molar-refractivity contribution in [3.8, 4) is 5.88 Å². The van der Waals surface area contributed by atoms with Gasteiger partial charge in [0.1, 0.15) is 0 Å². The first-order valence-corrected chi connectivity index (χ1v) is 7.04. The third-order valence-corrected chi connectivity index (χ3v) is 3.28. The minimum absolute atomic E-state index is 0.527. The summed E-state index contributed by atoms with van der Waals surface area (Å²) in [6, 6.07) is 4.48. The quantitative estimate of drug-likeness (QED) is 0.754. The van der Waals surface area contributed by atoms with Crippen LogP contribution in [0.25, 0.3) is 0 Å². The summed E-state index contributed by atoms with van der Waals surface area (Å²) in [5.74, 6) is 1.45. The van der Waals surface area contributed by atoms with Gasteiger partial charge in [0, 0.05) is 12.1 Å². The summed E-state index contributed by atoms with van der Waals surface area (Å²) in [4.78, 5) is 4.27. The summed E-state index contributed by atoms with van der Waals surface area (Å²) in [5, 5.41) is 3.55. The van der Waals surface area contributed by atoms with Crippen molar-refractivity contribution >= 4 is 5.69 Å². The van der Waals surface area contributed by atoms with Crippen LogP contribution in [0.1, 0.15) is 47.0 Å². The number of rotatable bonds is 8. The largest absolute Gasteiger partial charge is 0.478 e. The maximum Gasteiger partial charge on any atom is 0.213 e. The van der Waals surface area contributed by atoms with Crippen molar-refractivity contribution in [1.29, 1.82) is 0 Å². The highest BCUT2D eigenvalue weighted by Crippen LogP contribution is 2.18. The zero-order chi connectivity index (χ0) is 13.4. The van der Waals surface area contributed by atoms with E-state index in [1.54, 1.807) is 0 Å². The molecule has 0 aliphatic rings. The smallest absolute Gasteiger partial charge is 0.213 e. The van der Waals surface area contributed by atoms with Gasteiger partial charge in [0.05, 0.1) is 18.5 Å². The Hall–Kier alpha value is -1.25. The highest BCUT2D eigenvalue weighted by molar-refractivity contribution is 5.42. The normalized spacial score (nSPS) is 14.0. The summed E-state index contributed by atoms with van der Waals surface area (Å²) in [6.45, 7) is 9.40. The molecule has 0 spiro atoms. The second-order valence-electron chi connectivity index (χ2n) is 4.82. The zero-order valence-electron chi connectivity index (χ0n) is 12.1. The van der Waals surface area contributed by atoms with Crippen LogP contribution in [0.15, 0.2) is 18.3 Å². The van der Waals surface area contributed by atoms with Gasteiger partial charge in [-0.1, -0.05) is 27.2 Å². The summed E-state index contributed by atoms with van der Waals surface area (Å²) in [7, 11) is 0. The van der Waals surface area contributed by atoms with Crippen LogP contribution < -0.4 is 10.1 Å². The lowest BCUT2D eigenvalue weighted by Crippen LogP contribution is -2.21. The molecule has 0 aromatic carbocycles. The molecule has 0 amide bonds. The maximum absolute atomic E-state index is 5.34. The SMILES string of the molecule is CCOc1ccc(NC(CC)CC(C)CC)cn1. The summed E-state index contributed by atoms with van der Waals surface area (Å²) in [5.41, 5.74) is 1.08. The van der Waals surface area contributed by atoms with Crippen LogP contribution in [0.3, 0.4) is 0 Å². The molecule has 2 unspecified atom stereocenters. The van der Waals surface area contributed by atoms with Crippen molar-refractivity contribution < 1.29 is 4.74 Å². The van der Waals surface area contributed by atoms with E-state index in [-0.39, 0.29) is 0 Å². The van der Waals surface area contributed by atoms with E-state index in [1.807, 2.05) is 25.3 Å². The van der Waals surface area contributed by atoms with E-state index in [9.17, 15) is 0 Å². The van der Waals surface area contributed by atoms with Gasteiger partial charge in [-0.05, 0) is 31.7 Å². The van der Waals surface area contributed by atoms with Crippen molar-refractivity contribution in [2.75, 3.05) is 11.9 Å². The molecule has 3 nitrogen and oxygen atoms in total. The minimum atomic E-state index is 0.527. The molecule has 0 aliphatic carbocycles. The third kappa shape index (κ3) is 4.94. The average Bonchev–Trinajstić information content (AvgIpc) is 2.40. The number of aromatic nitrogens is 1. The molecule has 3 heteroatoms. The monoisotopic (exact) mass is 250 g/mol. The second kappa shape index (κ2) is 7.96. The Morgan fingerprint density at radius 1 is 1.22 bits per heavy atom. The molecule has 1 heterocycles. The Kier molecular flexibility index (Phi) is 6.55. The van der Waals surface area contributed by atoms with Gasteiger partial charge < -0.3 is 10.1 Å². The molecule has 0 saturated heterocycles. The lowest BCUT2D eigenvalue weighted by Gasteiger charge is -2.21. The first kappa shape index (κ1) is 14.8. The van der Waals surface area contributed by atoms with E-state index in [2.05, 4.69) is 31.1 Å². The number of hydrogen-bond donors (Lipinski definition) is 1. The molecule has 0 radical (unpaired) electrons. The van der Waals surface area contributed by atoms with Crippen LogP contribution in [0.4, 0.5) is 5.69 Å². The van der Waals surface area contributed by atoms with Crippen molar-refractivity contribution in [2.45, 2.75) is 53.0 Å². The fraction of sp³-hybridized carbons (Fsp3) is 0.667. The van der Waals surface area contributed by atoms with E-state index in [4.69, 9.17) is 4.74 Å². The molecule has 1 N–H and O–H groups in total. The van der Waals surface area contributed by atoms with E-state index >= 15 is 0 Å². The molecule has 0 aliphatic heterocycles. The van der Waals surface area contributed by atoms with Gasteiger partial charge in [-0.2, -0.15) is 0 Å². The Bertz CT molecular complexity index is 324. The Labute approximate surface area is 111 Å². The Morgan fingerprint density at radius 2 is 2.00 bits per heavy atom. The summed E-state index contributed by atoms with van der Waals surface area (Å²) >= 11 is 0. The minimum Gasteiger partial charge on any atom is -0.478 e. The molecule has 18 heavy (non-hydrogen) atoms. The topological polar surface area (TPSA) is 34.1 Å². The standard InChI is InChI=1S/C15H26N2O/c1-5-12(4)10-13(6-2)17-14-8-9-15(16-11-14)18-7-3/h8-9,11-13,17H,5-7,10H2,1-4H3. The van der Waals surface area contributed by atoms with Gasteiger partial charge in [0.2, 0.25) is 5.88 Å². The molecule has 102 valence electrons. The maximum atomic E-state index is 5.34. The first-order chi connectivity index (χ1) is 8.69. The summed E-state index contributed by atoms with van der Waals surface area (Å²) in [6.07, 6.45) is 5.43. The Balaban J connectivity index is 2.53. The molecule has 0 fully saturated rings. The van der Waals surface area contributed by atoms with Gasteiger partial charge in [-0.3, -0.25) is 0 Å². The van der Waals surface area contributed by atoms with E-state index in [0.717, 1.165) is 18.0 Å². The lowest BCUT2D eigenvalue weighted by molar-refractivity contribution is 0.327. The van der Waals surface area contributed by atoms with Gasteiger partial charge >= 0.3 is 0 Å². The zero-order valence-corrected chi connectivity index (χ0v) is 12.1. The van der Waals surface area contributed by atoms with Crippen LogP contribution in [0.2, 0.25) is 0 Å². The number of anilines is 1. The first-order valence-electron chi connectivity index (χ1n) is 7.04.